The van der Waals surface area contributed by atoms with Crippen molar-refractivity contribution in [1.82, 2.24) is 15.8 Å². The summed E-state index contributed by atoms with van der Waals surface area (Å²) in [5.41, 5.74) is 8.66. The van der Waals surface area contributed by atoms with E-state index in [4.69, 9.17) is 0 Å². The van der Waals surface area contributed by atoms with Crippen LogP contribution in [0.3, 0.4) is 0 Å². The number of hydrogen-bond acceptors (Lipinski definition) is 4. The normalized spacial score (nSPS) is 19.4. The molecule has 1 aliphatic heterocycles. The van der Waals surface area contributed by atoms with Gasteiger partial charge in [-0.2, -0.15) is 0 Å². The maximum absolute atomic E-state index is 13.4. The van der Waals surface area contributed by atoms with Crippen molar-refractivity contribution in [3.8, 4) is 0 Å². The molecule has 1 saturated heterocycles. The molecule has 1 aromatic carbocycles. The van der Waals surface area contributed by atoms with E-state index in [-0.39, 0.29) is 17.8 Å². The van der Waals surface area contributed by atoms with E-state index in [1.807, 2.05) is 36.4 Å². The number of rotatable bonds is 8. The van der Waals surface area contributed by atoms with Gasteiger partial charge in [-0.15, -0.1) is 11.3 Å². The van der Waals surface area contributed by atoms with Crippen LogP contribution in [-0.4, -0.2) is 30.4 Å². The predicted molar refractivity (Wildman–Crippen MR) is 108 cm³/mol. The number of halogens is 1. The number of hydrazine groups is 1. The fraction of sp³-hybridized carbons (Fsp3) is 0.476. The lowest BCUT2D eigenvalue weighted by Crippen LogP contribution is -2.30. The first-order valence-corrected chi connectivity index (χ1v) is 10.5. The van der Waals surface area contributed by atoms with Gasteiger partial charge in [0, 0.05) is 25.7 Å². The van der Waals surface area contributed by atoms with Gasteiger partial charge in [0.25, 0.3) is 5.91 Å². The van der Waals surface area contributed by atoms with Crippen molar-refractivity contribution in [2.45, 2.75) is 51.1 Å². The van der Waals surface area contributed by atoms with Crippen LogP contribution in [0.25, 0.3) is 0 Å². The summed E-state index contributed by atoms with van der Waals surface area (Å²) < 4.78 is 13.4. The Morgan fingerprint density at radius 3 is 2.85 bits per heavy atom. The number of nitrogens with zero attached hydrogens (tertiary/aromatic N) is 1. The molecule has 0 bridgehead atoms. The third kappa shape index (κ3) is 5.37. The number of unbranched alkanes of at least 4 members (excludes halogenated alkanes) is 2. The van der Waals surface area contributed by atoms with E-state index in [1.54, 1.807) is 12.1 Å². The number of amides is 1. The van der Waals surface area contributed by atoms with E-state index in [0.717, 1.165) is 54.7 Å². The van der Waals surface area contributed by atoms with Crippen LogP contribution in [0.1, 0.15) is 58.9 Å². The Morgan fingerprint density at radius 1 is 1.26 bits per heavy atom. The lowest BCUT2D eigenvalue weighted by molar-refractivity contribution is 0.0796. The van der Waals surface area contributed by atoms with Gasteiger partial charge in [-0.3, -0.25) is 15.6 Å². The molecule has 1 aliphatic rings. The summed E-state index contributed by atoms with van der Waals surface area (Å²) in [7, 11) is 1.88. The van der Waals surface area contributed by atoms with Crippen molar-refractivity contribution in [2.75, 3.05) is 13.6 Å². The lowest BCUT2D eigenvalue weighted by Gasteiger charge is -2.17. The van der Waals surface area contributed by atoms with Crippen LogP contribution in [0.2, 0.25) is 0 Å². The van der Waals surface area contributed by atoms with Gasteiger partial charge in [0.1, 0.15) is 5.82 Å². The van der Waals surface area contributed by atoms with E-state index in [9.17, 15) is 9.18 Å². The van der Waals surface area contributed by atoms with Gasteiger partial charge in [0.15, 0.2) is 0 Å². The van der Waals surface area contributed by atoms with Crippen molar-refractivity contribution >= 4 is 17.2 Å². The minimum atomic E-state index is -0.186. The standard InChI is InChI=1S/C21H28FN3OS/c1-15-10-12-27-20(15)21(26)25(2)11-5-3-4-9-18-14-19(24-23-18)16-7-6-8-17(22)13-16/h6-8,10,12-13,18-19,23-24H,3-5,9,11,14H2,1-2H3. The SMILES string of the molecule is Cc1ccsc1C(=O)N(C)CCCCCC1CC(c2cccc(F)c2)NN1. The molecule has 0 radical (unpaired) electrons. The minimum Gasteiger partial charge on any atom is -0.341 e. The Bertz CT molecular complexity index is 763. The van der Waals surface area contributed by atoms with Gasteiger partial charge in [-0.25, -0.2) is 4.39 Å². The molecule has 146 valence electrons. The van der Waals surface area contributed by atoms with Crippen LogP contribution in [0.5, 0.6) is 0 Å². The molecule has 2 unspecified atom stereocenters. The van der Waals surface area contributed by atoms with Crippen molar-refractivity contribution < 1.29 is 9.18 Å². The van der Waals surface area contributed by atoms with Gasteiger partial charge >= 0.3 is 0 Å². The second-order valence-electron chi connectivity index (χ2n) is 7.34. The highest BCUT2D eigenvalue weighted by molar-refractivity contribution is 7.12. The van der Waals surface area contributed by atoms with Crippen molar-refractivity contribution in [3.63, 3.8) is 0 Å². The smallest absolute Gasteiger partial charge is 0.263 e. The summed E-state index contributed by atoms with van der Waals surface area (Å²) in [4.78, 5) is 15.1. The molecule has 1 amide bonds. The predicted octanol–water partition coefficient (Wildman–Crippen LogP) is 4.44. The zero-order valence-electron chi connectivity index (χ0n) is 16.0. The maximum atomic E-state index is 13.4. The summed E-state index contributed by atoms with van der Waals surface area (Å²) in [6, 6.07) is 9.37. The van der Waals surface area contributed by atoms with E-state index >= 15 is 0 Å². The van der Waals surface area contributed by atoms with Crippen molar-refractivity contribution in [1.29, 1.82) is 0 Å². The molecule has 2 N–H and O–H groups in total. The largest absolute Gasteiger partial charge is 0.341 e. The Balaban J connectivity index is 1.33. The number of carbonyl (C=O) groups is 1. The average molecular weight is 390 g/mol. The van der Waals surface area contributed by atoms with Gasteiger partial charge < -0.3 is 4.90 Å². The van der Waals surface area contributed by atoms with Crippen molar-refractivity contribution in [3.05, 3.63) is 57.5 Å². The molecule has 3 rings (SSSR count). The summed E-state index contributed by atoms with van der Waals surface area (Å²) in [5.74, 6) is -0.0590. The Hall–Kier alpha value is -1.76. The van der Waals surface area contributed by atoms with Gasteiger partial charge in [0.2, 0.25) is 0 Å². The monoisotopic (exact) mass is 389 g/mol. The highest BCUT2D eigenvalue weighted by Crippen LogP contribution is 2.25. The van der Waals surface area contributed by atoms with E-state index < -0.39 is 0 Å². The number of hydrogen-bond donors (Lipinski definition) is 2. The summed E-state index contributed by atoms with van der Waals surface area (Å²) in [6.45, 7) is 2.77. The number of benzene rings is 1. The molecule has 0 aliphatic carbocycles. The summed E-state index contributed by atoms with van der Waals surface area (Å²) in [5, 5.41) is 1.97. The molecule has 2 atom stereocenters. The molecule has 0 saturated carbocycles. The van der Waals surface area contributed by atoms with Gasteiger partial charge in [-0.05, 0) is 60.9 Å². The maximum Gasteiger partial charge on any atom is 0.263 e. The molecule has 2 heterocycles. The topological polar surface area (TPSA) is 44.4 Å². The number of aryl methyl sites for hydroxylation is 1. The van der Waals surface area contributed by atoms with Crippen LogP contribution in [0, 0.1) is 12.7 Å². The third-order valence-electron chi connectivity index (χ3n) is 5.18. The fourth-order valence-electron chi connectivity index (χ4n) is 3.54. The highest BCUT2D eigenvalue weighted by atomic mass is 32.1. The summed E-state index contributed by atoms with van der Waals surface area (Å²) >= 11 is 1.52. The molecule has 1 aromatic heterocycles. The third-order valence-corrected chi connectivity index (χ3v) is 6.19. The number of carbonyl (C=O) groups excluding carboxylic acids is 1. The van der Waals surface area contributed by atoms with E-state index in [0.29, 0.717) is 6.04 Å². The molecule has 27 heavy (non-hydrogen) atoms. The van der Waals surface area contributed by atoms with E-state index in [2.05, 4.69) is 10.9 Å². The van der Waals surface area contributed by atoms with Crippen LogP contribution < -0.4 is 10.9 Å². The lowest BCUT2D eigenvalue weighted by atomic mass is 9.99. The van der Waals surface area contributed by atoms with Gasteiger partial charge in [0.05, 0.1) is 4.88 Å². The molecule has 2 aromatic rings. The second-order valence-corrected chi connectivity index (χ2v) is 8.25. The van der Waals surface area contributed by atoms with Crippen molar-refractivity contribution in [2.24, 2.45) is 0 Å². The molecule has 0 spiro atoms. The summed E-state index contributed by atoms with van der Waals surface area (Å²) in [6.07, 6.45) is 5.29. The molecule has 6 heteroatoms. The van der Waals surface area contributed by atoms with Gasteiger partial charge in [-0.1, -0.05) is 25.0 Å². The minimum absolute atomic E-state index is 0.127. The molecular formula is C21H28FN3OS. The Morgan fingerprint density at radius 2 is 2.11 bits per heavy atom. The molecule has 4 nitrogen and oxygen atoms in total. The second kappa shape index (κ2) is 9.44. The first-order valence-electron chi connectivity index (χ1n) is 9.60. The molecule has 1 fully saturated rings. The number of thiophene rings is 1. The zero-order valence-corrected chi connectivity index (χ0v) is 16.8. The van der Waals surface area contributed by atoms with Crippen LogP contribution in [-0.2, 0) is 0 Å². The molecular weight excluding hydrogens is 361 g/mol. The highest BCUT2D eigenvalue weighted by Gasteiger charge is 2.24. The first kappa shape index (κ1) is 20.0. The number of nitrogens with one attached hydrogen (secondary N) is 2. The zero-order chi connectivity index (χ0) is 19.2. The average Bonchev–Trinajstić information content (AvgIpc) is 3.29. The van der Waals surface area contributed by atoms with Crippen LogP contribution in [0.15, 0.2) is 35.7 Å². The van der Waals surface area contributed by atoms with E-state index in [1.165, 1.54) is 17.4 Å². The quantitative estimate of drug-likeness (QED) is 0.656. The van der Waals surface area contributed by atoms with Crippen LogP contribution >= 0.6 is 11.3 Å². The first-order chi connectivity index (χ1) is 13.0. The Kier molecular flexibility index (Phi) is 6.99. The Labute approximate surface area is 164 Å². The fourth-order valence-corrected chi connectivity index (χ4v) is 4.46. The van der Waals surface area contributed by atoms with Crippen LogP contribution in [0.4, 0.5) is 4.39 Å².